The molecule has 2 heterocycles. The van der Waals surface area contributed by atoms with Crippen LogP contribution in [-0.4, -0.2) is 42.3 Å². The first-order valence-electron chi connectivity index (χ1n) is 9.14. The van der Waals surface area contributed by atoms with Crippen molar-refractivity contribution in [3.8, 4) is 17.0 Å². The van der Waals surface area contributed by atoms with Crippen molar-refractivity contribution in [1.82, 2.24) is 15.5 Å². The molecular formula is C21H21FN4O2. The predicted molar refractivity (Wildman–Crippen MR) is 105 cm³/mol. The van der Waals surface area contributed by atoms with E-state index in [1.54, 1.807) is 31.4 Å². The van der Waals surface area contributed by atoms with Crippen LogP contribution in [0.1, 0.15) is 16.8 Å². The van der Waals surface area contributed by atoms with Crippen LogP contribution in [0, 0.1) is 5.82 Å². The number of benzene rings is 2. The fraction of sp³-hybridized carbons (Fsp3) is 0.238. The van der Waals surface area contributed by atoms with Crippen molar-refractivity contribution < 1.29 is 13.9 Å². The van der Waals surface area contributed by atoms with Crippen LogP contribution in [0.3, 0.4) is 0 Å². The number of halogens is 1. The molecule has 2 aromatic carbocycles. The average Bonchev–Trinajstić information content (AvgIpc) is 3.38. The van der Waals surface area contributed by atoms with Gasteiger partial charge in [-0.1, -0.05) is 12.1 Å². The molecule has 1 amide bonds. The van der Waals surface area contributed by atoms with Crippen molar-refractivity contribution in [3.05, 3.63) is 66.0 Å². The summed E-state index contributed by atoms with van der Waals surface area (Å²) in [5.41, 5.74) is 2.23. The molecule has 28 heavy (non-hydrogen) atoms. The Kier molecular flexibility index (Phi) is 4.97. The lowest BCUT2D eigenvalue weighted by Crippen LogP contribution is -2.37. The number of H-pyrrole nitrogens is 1. The Hall–Kier alpha value is -3.35. The summed E-state index contributed by atoms with van der Waals surface area (Å²) in [4.78, 5) is 14.7. The summed E-state index contributed by atoms with van der Waals surface area (Å²) < 4.78 is 18.4. The van der Waals surface area contributed by atoms with Crippen LogP contribution in [0.25, 0.3) is 11.3 Å². The van der Waals surface area contributed by atoms with Crippen molar-refractivity contribution in [3.63, 3.8) is 0 Å². The number of hydrogen-bond donors (Lipinski definition) is 2. The number of carbonyl (C=O) groups is 1. The monoisotopic (exact) mass is 380 g/mol. The number of rotatable bonds is 5. The molecule has 4 rings (SSSR count). The number of hydrogen-bond acceptors (Lipinski definition) is 4. The van der Waals surface area contributed by atoms with E-state index in [4.69, 9.17) is 4.74 Å². The molecule has 1 aliphatic heterocycles. The second-order valence-corrected chi connectivity index (χ2v) is 6.75. The highest BCUT2D eigenvalue weighted by molar-refractivity contribution is 5.97. The Bertz CT molecular complexity index is 971. The highest BCUT2D eigenvalue weighted by atomic mass is 19.1. The van der Waals surface area contributed by atoms with E-state index in [0.717, 1.165) is 30.0 Å². The molecule has 1 aliphatic rings. The zero-order valence-corrected chi connectivity index (χ0v) is 15.5. The first-order chi connectivity index (χ1) is 13.6. The van der Waals surface area contributed by atoms with Gasteiger partial charge in [0.2, 0.25) is 0 Å². The van der Waals surface area contributed by atoms with Gasteiger partial charge in [0.25, 0.3) is 5.91 Å². The van der Waals surface area contributed by atoms with E-state index in [0.29, 0.717) is 17.9 Å². The Balaban J connectivity index is 1.40. The predicted octanol–water partition coefficient (Wildman–Crippen LogP) is 3.23. The molecule has 2 N–H and O–H groups in total. The largest absolute Gasteiger partial charge is 0.496 e. The highest BCUT2D eigenvalue weighted by Gasteiger charge is 2.26. The maximum Gasteiger partial charge on any atom is 0.255 e. The summed E-state index contributed by atoms with van der Waals surface area (Å²) >= 11 is 0. The van der Waals surface area contributed by atoms with Crippen LogP contribution in [-0.2, 0) is 0 Å². The second-order valence-electron chi connectivity index (χ2n) is 6.75. The van der Waals surface area contributed by atoms with E-state index in [1.165, 1.54) is 12.1 Å². The normalized spacial score (nSPS) is 16.2. The highest BCUT2D eigenvalue weighted by Crippen LogP contribution is 2.25. The van der Waals surface area contributed by atoms with E-state index < -0.39 is 0 Å². The summed E-state index contributed by atoms with van der Waals surface area (Å²) in [5, 5.41) is 10.4. The quantitative estimate of drug-likeness (QED) is 0.713. The summed E-state index contributed by atoms with van der Waals surface area (Å²) in [6, 6.07) is 15.4. The molecule has 1 fully saturated rings. The summed E-state index contributed by atoms with van der Waals surface area (Å²) in [5.74, 6) is 0.967. The maximum absolute atomic E-state index is 13.1. The number of methoxy groups -OCH3 is 1. The standard InChI is InChI=1S/C21H21FN4O2/c1-28-19-5-3-2-4-17(19)21(27)23-16-10-11-26(13-16)20-12-18(24-25-20)14-6-8-15(22)9-7-14/h2-9,12,16H,10-11,13H2,1H3,(H,23,27)(H,24,25). The van der Waals surface area contributed by atoms with Crippen LogP contribution in [0.15, 0.2) is 54.6 Å². The topological polar surface area (TPSA) is 70.2 Å². The second kappa shape index (κ2) is 7.72. The molecule has 0 bridgehead atoms. The Morgan fingerprint density at radius 3 is 2.82 bits per heavy atom. The van der Waals surface area contributed by atoms with Gasteiger partial charge in [0.05, 0.1) is 18.4 Å². The third kappa shape index (κ3) is 3.69. The number of aromatic nitrogens is 2. The van der Waals surface area contributed by atoms with Crippen LogP contribution < -0.4 is 15.0 Å². The van der Waals surface area contributed by atoms with Gasteiger partial charge in [-0.15, -0.1) is 0 Å². The molecule has 1 saturated heterocycles. The van der Waals surface area contributed by atoms with Crippen LogP contribution in [0.5, 0.6) is 5.75 Å². The molecule has 0 spiro atoms. The van der Waals surface area contributed by atoms with E-state index >= 15 is 0 Å². The van der Waals surface area contributed by atoms with Crippen LogP contribution in [0.4, 0.5) is 10.2 Å². The average molecular weight is 380 g/mol. The summed E-state index contributed by atoms with van der Waals surface area (Å²) in [6.45, 7) is 1.47. The molecule has 3 aromatic rings. The number of anilines is 1. The molecule has 1 aromatic heterocycles. The number of carbonyl (C=O) groups excluding carboxylic acids is 1. The summed E-state index contributed by atoms with van der Waals surface area (Å²) in [6.07, 6.45) is 0.833. The Morgan fingerprint density at radius 2 is 2.04 bits per heavy atom. The number of ether oxygens (including phenoxy) is 1. The Morgan fingerprint density at radius 1 is 1.25 bits per heavy atom. The first-order valence-corrected chi connectivity index (χ1v) is 9.14. The van der Waals surface area contributed by atoms with Gasteiger partial charge < -0.3 is 15.0 Å². The molecule has 1 unspecified atom stereocenters. The smallest absolute Gasteiger partial charge is 0.255 e. The van der Waals surface area contributed by atoms with Crippen molar-refractivity contribution >= 4 is 11.7 Å². The third-order valence-electron chi connectivity index (χ3n) is 4.92. The van der Waals surface area contributed by atoms with Gasteiger partial charge in [-0.3, -0.25) is 9.89 Å². The molecule has 0 saturated carbocycles. The van der Waals surface area contributed by atoms with Crippen molar-refractivity contribution in [2.75, 3.05) is 25.1 Å². The Labute approximate surface area is 162 Å². The number of para-hydroxylation sites is 1. The molecular weight excluding hydrogens is 359 g/mol. The SMILES string of the molecule is COc1ccccc1C(=O)NC1CCN(c2cc(-c3ccc(F)cc3)[nH]n2)C1. The minimum Gasteiger partial charge on any atom is -0.496 e. The first kappa shape index (κ1) is 18.0. The number of nitrogens with one attached hydrogen (secondary N) is 2. The lowest BCUT2D eigenvalue weighted by Gasteiger charge is -2.16. The van der Waals surface area contributed by atoms with E-state index in [9.17, 15) is 9.18 Å². The van der Waals surface area contributed by atoms with E-state index in [-0.39, 0.29) is 17.8 Å². The minimum atomic E-state index is -0.267. The van der Waals surface area contributed by atoms with E-state index in [1.807, 2.05) is 18.2 Å². The fourth-order valence-corrected chi connectivity index (χ4v) is 3.43. The van der Waals surface area contributed by atoms with Crippen LogP contribution >= 0.6 is 0 Å². The van der Waals surface area contributed by atoms with Gasteiger partial charge in [-0.2, -0.15) is 5.10 Å². The third-order valence-corrected chi connectivity index (χ3v) is 4.92. The van der Waals surface area contributed by atoms with Gasteiger partial charge in [0.1, 0.15) is 11.6 Å². The van der Waals surface area contributed by atoms with Gasteiger partial charge in [0.15, 0.2) is 5.82 Å². The molecule has 7 heteroatoms. The molecule has 0 radical (unpaired) electrons. The maximum atomic E-state index is 13.1. The van der Waals surface area contributed by atoms with Gasteiger partial charge in [0, 0.05) is 25.2 Å². The van der Waals surface area contributed by atoms with Crippen molar-refractivity contribution in [1.29, 1.82) is 0 Å². The lowest BCUT2D eigenvalue weighted by molar-refractivity contribution is 0.0937. The van der Waals surface area contributed by atoms with Gasteiger partial charge in [-0.25, -0.2) is 4.39 Å². The van der Waals surface area contributed by atoms with E-state index in [2.05, 4.69) is 20.4 Å². The molecule has 6 nitrogen and oxygen atoms in total. The zero-order chi connectivity index (χ0) is 19.5. The lowest BCUT2D eigenvalue weighted by atomic mass is 10.1. The zero-order valence-electron chi connectivity index (χ0n) is 15.5. The number of aromatic amines is 1. The number of amides is 1. The van der Waals surface area contributed by atoms with Gasteiger partial charge >= 0.3 is 0 Å². The molecule has 0 aliphatic carbocycles. The van der Waals surface area contributed by atoms with Gasteiger partial charge in [-0.05, 0) is 48.4 Å². The summed E-state index contributed by atoms with van der Waals surface area (Å²) in [7, 11) is 1.56. The molecule has 144 valence electrons. The number of nitrogens with zero attached hydrogens (tertiary/aromatic N) is 2. The van der Waals surface area contributed by atoms with Crippen LogP contribution in [0.2, 0.25) is 0 Å². The molecule has 1 atom stereocenters. The van der Waals surface area contributed by atoms with Crippen molar-refractivity contribution in [2.45, 2.75) is 12.5 Å². The fourth-order valence-electron chi connectivity index (χ4n) is 3.43. The minimum absolute atomic E-state index is 0.0309. The van der Waals surface area contributed by atoms with Crippen molar-refractivity contribution in [2.24, 2.45) is 0 Å².